The van der Waals surface area contributed by atoms with E-state index in [1.165, 1.54) is 6.92 Å². The summed E-state index contributed by atoms with van der Waals surface area (Å²) in [6.07, 6.45) is 2.05. The first-order valence-corrected chi connectivity index (χ1v) is 6.35. The molecule has 1 aromatic rings. The minimum atomic E-state index is -0.489. The molecule has 0 radical (unpaired) electrons. The van der Waals surface area contributed by atoms with Crippen molar-refractivity contribution >= 4 is 41.9 Å². The van der Waals surface area contributed by atoms with Crippen LogP contribution < -0.4 is 21.5 Å². The van der Waals surface area contributed by atoms with Gasteiger partial charge in [0.2, 0.25) is 5.91 Å². The molecule has 0 aliphatic carbocycles. The van der Waals surface area contributed by atoms with Crippen molar-refractivity contribution in [1.82, 2.24) is 0 Å². The second kappa shape index (κ2) is 7.46. The number of para-hydroxylation sites is 1. The molecule has 2 amide bonds. The number of amides is 2. The molecule has 1 heterocycles. The molecule has 8 heteroatoms. The van der Waals surface area contributed by atoms with Crippen LogP contribution in [0.3, 0.4) is 0 Å². The van der Waals surface area contributed by atoms with E-state index in [1.807, 2.05) is 0 Å². The fourth-order valence-electron chi connectivity index (χ4n) is 2.00. The van der Waals surface area contributed by atoms with Crippen LogP contribution >= 0.6 is 12.4 Å². The van der Waals surface area contributed by atoms with Crippen molar-refractivity contribution in [3.05, 3.63) is 29.3 Å². The van der Waals surface area contributed by atoms with Gasteiger partial charge in [-0.3, -0.25) is 9.59 Å². The van der Waals surface area contributed by atoms with Crippen LogP contribution in [0.1, 0.15) is 18.9 Å². The van der Waals surface area contributed by atoms with Crippen molar-refractivity contribution in [3.63, 3.8) is 0 Å². The number of guanidine groups is 1. The van der Waals surface area contributed by atoms with Crippen LogP contribution in [0.25, 0.3) is 6.08 Å². The topological polar surface area (TPSA) is 120 Å². The van der Waals surface area contributed by atoms with E-state index in [-0.39, 0.29) is 24.3 Å². The minimum absolute atomic E-state index is 0. The van der Waals surface area contributed by atoms with E-state index in [0.717, 1.165) is 0 Å². The normalized spacial score (nSPS) is 12.5. The number of aliphatic imine (C=N–C) groups is 1. The number of hydrogen-bond acceptors (Lipinski definition) is 3. The molecule has 0 atom stereocenters. The van der Waals surface area contributed by atoms with Gasteiger partial charge in [-0.05, 0) is 12.1 Å². The summed E-state index contributed by atoms with van der Waals surface area (Å²) in [7, 11) is 0. The van der Waals surface area contributed by atoms with Gasteiger partial charge in [0.15, 0.2) is 5.96 Å². The molecule has 7 nitrogen and oxygen atoms in total. The number of anilines is 1. The number of hydrogen-bond donors (Lipinski definition) is 3. The van der Waals surface area contributed by atoms with E-state index in [4.69, 9.17) is 16.2 Å². The number of nitrogens with two attached hydrogens (primary N) is 2. The van der Waals surface area contributed by atoms with Gasteiger partial charge in [-0.2, -0.15) is 4.99 Å². The maximum atomic E-state index is 11.9. The summed E-state index contributed by atoms with van der Waals surface area (Å²) in [6, 6.07) is 5.28. The average Bonchev–Trinajstić information content (AvgIpc) is 2.60. The molecule has 0 unspecified atom stereocenters. The van der Waals surface area contributed by atoms with Gasteiger partial charge in [0.25, 0.3) is 5.91 Å². The summed E-state index contributed by atoms with van der Waals surface area (Å²) in [4.78, 5) is 26.6. The Morgan fingerprint density at radius 2 is 2.05 bits per heavy atom. The Kier molecular flexibility index (Phi) is 5.94. The van der Waals surface area contributed by atoms with Crippen LogP contribution in [0, 0.1) is 0 Å². The monoisotopic (exact) mass is 324 g/mol. The lowest BCUT2D eigenvalue weighted by molar-refractivity contribution is -0.115. The van der Waals surface area contributed by atoms with Crippen molar-refractivity contribution in [1.29, 1.82) is 0 Å². The fraction of sp³-hybridized carbons (Fsp3) is 0.214. The Morgan fingerprint density at radius 3 is 2.68 bits per heavy atom. The molecule has 0 saturated carbocycles. The Balaban J connectivity index is 0.00000242. The molecular formula is C14H17ClN4O3. The number of nitrogens with zero attached hydrogens (tertiary/aromatic N) is 1. The Hall–Kier alpha value is -2.54. The molecule has 0 fully saturated rings. The quantitative estimate of drug-likeness (QED) is 0.554. The number of carbonyl (C=O) groups excluding carboxylic acids is 2. The van der Waals surface area contributed by atoms with Gasteiger partial charge >= 0.3 is 0 Å². The summed E-state index contributed by atoms with van der Waals surface area (Å²) < 4.78 is 5.64. The third-order valence-corrected chi connectivity index (χ3v) is 2.81. The van der Waals surface area contributed by atoms with Crippen LogP contribution in [0.15, 0.2) is 28.8 Å². The smallest absolute Gasteiger partial charge is 0.276 e. The molecule has 0 spiro atoms. The lowest BCUT2D eigenvalue weighted by Crippen LogP contribution is -2.24. The minimum Gasteiger partial charge on any atom is -0.490 e. The van der Waals surface area contributed by atoms with Gasteiger partial charge in [-0.15, -0.1) is 12.4 Å². The zero-order valence-corrected chi connectivity index (χ0v) is 12.8. The van der Waals surface area contributed by atoms with Crippen LogP contribution in [-0.4, -0.2) is 24.4 Å². The number of halogens is 1. The van der Waals surface area contributed by atoms with Crippen molar-refractivity contribution in [2.24, 2.45) is 16.5 Å². The highest BCUT2D eigenvalue weighted by Crippen LogP contribution is 2.33. The predicted molar refractivity (Wildman–Crippen MR) is 86.9 cm³/mol. The van der Waals surface area contributed by atoms with Crippen molar-refractivity contribution in [3.8, 4) is 5.75 Å². The van der Waals surface area contributed by atoms with E-state index in [2.05, 4.69) is 10.3 Å². The van der Waals surface area contributed by atoms with Crippen LogP contribution in [0.5, 0.6) is 5.75 Å². The van der Waals surface area contributed by atoms with Crippen LogP contribution in [0.4, 0.5) is 5.69 Å². The number of fused-ring (bicyclic) bond motifs is 1. The summed E-state index contributed by atoms with van der Waals surface area (Å²) in [5.74, 6) is -0.438. The zero-order chi connectivity index (χ0) is 15.4. The zero-order valence-electron chi connectivity index (χ0n) is 12.0. The summed E-state index contributed by atoms with van der Waals surface area (Å²) >= 11 is 0. The molecule has 0 aromatic heterocycles. The van der Waals surface area contributed by atoms with Gasteiger partial charge in [-0.1, -0.05) is 12.1 Å². The lowest BCUT2D eigenvalue weighted by Gasteiger charge is -2.12. The molecule has 22 heavy (non-hydrogen) atoms. The molecule has 1 aliphatic heterocycles. The third-order valence-electron chi connectivity index (χ3n) is 2.81. The Morgan fingerprint density at radius 1 is 1.32 bits per heavy atom. The van der Waals surface area contributed by atoms with Crippen molar-refractivity contribution in [2.75, 3.05) is 11.9 Å². The Bertz CT molecular complexity index is 651. The van der Waals surface area contributed by atoms with Crippen molar-refractivity contribution < 1.29 is 14.3 Å². The summed E-state index contributed by atoms with van der Waals surface area (Å²) in [5, 5.41) is 2.69. The largest absolute Gasteiger partial charge is 0.490 e. The highest BCUT2D eigenvalue weighted by molar-refractivity contribution is 6.04. The standard InChI is InChI=1S/C14H16N4O3.ClH/c1-8(19)17-11-4-2-3-9-7-10(5-6-21-12(9)11)13(20)18-14(15)16;/h2-4,7H,5-6H2,1H3,(H,17,19)(H4,15,16,18,20);1H. The van der Waals surface area contributed by atoms with Gasteiger partial charge < -0.3 is 21.5 Å². The second-order valence-corrected chi connectivity index (χ2v) is 4.51. The molecule has 0 saturated heterocycles. The number of rotatable bonds is 2. The molecular weight excluding hydrogens is 308 g/mol. The highest BCUT2D eigenvalue weighted by atomic mass is 35.5. The summed E-state index contributed by atoms with van der Waals surface area (Å²) in [5.41, 5.74) is 12.1. The summed E-state index contributed by atoms with van der Waals surface area (Å²) in [6.45, 7) is 1.71. The fourth-order valence-corrected chi connectivity index (χ4v) is 2.00. The van der Waals surface area contributed by atoms with E-state index < -0.39 is 5.91 Å². The molecule has 2 rings (SSSR count). The predicted octanol–water partition coefficient (Wildman–Crippen LogP) is 1.03. The van der Waals surface area contributed by atoms with Gasteiger partial charge in [0, 0.05) is 24.5 Å². The molecule has 0 bridgehead atoms. The van der Waals surface area contributed by atoms with Crippen LogP contribution in [0.2, 0.25) is 0 Å². The molecule has 1 aromatic carbocycles. The SMILES string of the molecule is CC(=O)Nc1cccc2c1OCCC(C(=O)N=C(N)N)=C2.Cl. The van der Waals surface area contributed by atoms with Gasteiger partial charge in [0.05, 0.1) is 12.3 Å². The first kappa shape index (κ1) is 17.5. The molecule has 1 aliphatic rings. The lowest BCUT2D eigenvalue weighted by atomic mass is 10.1. The van der Waals surface area contributed by atoms with Gasteiger partial charge in [0.1, 0.15) is 5.75 Å². The van der Waals surface area contributed by atoms with Crippen molar-refractivity contribution in [2.45, 2.75) is 13.3 Å². The van der Waals surface area contributed by atoms with Crippen LogP contribution in [-0.2, 0) is 9.59 Å². The first-order chi connectivity index (χ1) is 9.97. The van der Waals surface area contributed by atoms with E-state index in [1.54, 1.807) is 24.3 Å². The van der Waals surface area contributed by atoms with E-state index >= 15 is 0 Å². The maximum Gasteiger partial charge on any atom is 0.276 e. The van der Waals surface area contributed by atoms with Gasteiger partial charge in [-0.25, -0.2) is 0 Å². The average molecular weight is 325 g/mol. The third kappa shape index (κ3) is 4.23. The second-order valence-electron chi connectivity index (χ2n) is 4.51. The van der Waals surface area contributed by atoms with E-state index in [9.17, 15) is 9.59 Å². The Labute approximate surface area is 133 Å². The first-order valence-electron chi connectivity index (χ1n) is 6.35. The van der Waals surface area contributed by atoms with E-state index in [0.29, 0.717) is 35.6 Å². The molecule has 5 N–H and O–H groups in total. The number of ether oxygens (including phenoxy) is 1. The number of nitrogens with one attached hydrogen (secondary N) is 1. The molecule has 118 valence electrons. The highest BCUT2D eigenvalue weighted by Gasteiger charge is 2.17. The maximum absolute atomic E-state index is 11.9. The number of carbonyl (C=O) groups is 2. The number of benzene rings is 1.